The van der Waals surface area contributed by atoms with Gasteiger partial charge in [-0.1, -0.05) is 12.1 Å². The maximum Gasteiger partial charge on any atom is 0.226 e. The van der Waals surface area contributed by atoms with Crippen LogP contribution in [0.15, 0.2) is 4.52 Å². The van der Waals surface area contributed by atoms with E-state index in [1.54, 1.807) is 0 Å². The van der Waals surface area contributed by atoms with Gasteiger partial charge in [0.1, 0.15) is 0 Å². The molecule has 0 bridgehead atoms. The van der Waals surface area contributed by atoms with Gasteiger partial charge in [0.25, 0.3) is 0 Å². The fraction of sp³-hybridized carbons (Fsp3) is 0.714. The smallest absolute Gasteiger partial charge is 0.226 e. The number of halogens is 1. The first kappa shape index (κ1) is 11.4. The Balaban J connectivity index is 0.00000121. The van der Waals surface area contributed by atoms with Gasteiger partial charge in [0.15, 0.2) is 5.82 Å². The summed E-state index contributed by atoms with van der Waals surface area (Å²) in [6, 6.07) is -0.135. The first-order chi connectivity index (χ1) is 5.24. The summed E-state index contributed by atoms with van der Waals surface area (Å²) in [6.07, 6.45) is 1.85. The van der Waals surface area contributed by atoms with Crippen molar-refractivity contribution in [3.05, 3.63) is 11.7 Å². The lowest BCUT2D eigenvalue weighted by molar-refractivity contribution is 0.370. The molecule has 1 atom stereocenters. The van der Waals surface area contributed by atoms with Crippen molar-refractivity contribution in [3.8, 4) is 0 Å². The normalized spacial score (nSPS) is 12.2. The summed E-state index contributed by atoms with van der Waals surface area (Å²) < 4.78 is 4.93. The Bertz CT molecular complexity index is 224. The monoisotopic (exact) mass is 191 g/mol. The Morgan fingerprint density at radius 2 is 2.25 bits per heavy atom. The fourth-order valence-corrected chi connectivity index (χ4v) is 0.768. The number of hydrogen-bond donors (Lipinski definition) is 1. The summed E-state index contributed by atoms with van der Waals surface area (Å²) in [5.41, 5.74) is 5.54. The van der Waals surface area contributed by atoms with Gasteiger partial charge in [0, 0.05) is 6.42 Å². The van der Waals surface area contributed by atoms with Gasteiger partial charge in [0.05, 0.1) is 6.04 Å². The van der Waals surface area contributed by atoms with Crippen LogP contribution in [-0.4, -0.2) is 10.1 Å². The molecule has 1 heterocycles. The number of nitrogens with two attached hydrogens (primary N) is 1. The Morgan fingerprint density at radius 1 is 1.58 bits per heavy atom. The van der Waals surface area contributed by atoms with E-state index in [9.17, 15) is 0 Å². The lowest BCUT2D eigenvalue weighted by Gasteiger charge is -1.92. The Morgan fingerprint density at radius 3 is 2.67 bits per heavy atom. The van der Waals surface area contributed by atoms with Crippen molar-refractivity contribution in [2.45, 2.75) is 32.7 Å². The molecule has 0 aliphatic rings. The van der Waals surface area contributed by atoms with Gasteiger partial charge < -0.3 is 10.3 Å². The van der Waals surface area contributed by atoms with E-state index in [4.69, 9.17) is 10.3 Å². The average Bonchev–Trinajstić information content (AvgIpc) is 2.37. The molecule has 1 unspecified atom stereocenters. The zero-order valence-electron chi connectivity index (χ0n) is 7.28. The van der Waals surface area contributed by atoms with Gasteiger partial charge in [0.2, 0.25) is 5.89 Å². The molecule has 0 saturated heterocycles. The van der Waals surface area contributed by atoms with Crippen LogP contribution < -0.4 is 5.73 Å². The van der Waals surface area contributed by atoms with Crippen LogP contribution in [0.2, 0.25) is 0 Å². The van der Waals surface area contributed by atoms with Crippen LogP contribution in [0.1, 0.15) is 38.0 Å². The molecule has 5 heteroatoms. The topological polar surface area (TPSA) is 64.9 Å². The molecule has 4 nitrogen and oxygen atoms in total. The summed E-state index contributed by atoms with van der Waals surface area (Å²) in [7, 11) is 0. The first-order valence-corrected chi connectivity index (χ1v) is 3.82. The summed E-state index contributed by atoms with van der Waals surface area (Å²) in [5, 5.41) is 3.72. The molecule has 1 rings (SSSR count). The van der Waals surface area contributed by atoms with E-state index in [1.165, 1.54) is 0 Å². The van der Waals surface area contributed by atoms with Gasteiger partial charge in [-0.15, -0.1) is 12.4 Å². The Labute approximate surface area is 77.9 Å². The molecule has 0 amide bonds. The van der Waals surface area contributed by atoms with Crippen molar-refractivity contribution in [1.82, 2.24) is 10.1 Å². The molecule has 70 valence electrons. The van der Waals surface area contributed by atoms with E-state index in [1.807, 2.05) is 6.92 Å². The highest BCUT2D eigenvalue weighted by Crippen LogP contribution is 2.05. The highest BCUT2D eigenvalue weighted by atomic mass is 35.5. The van der Waals surface area contributed by atoms with E-state index >= 15 is 0 Å². The van der Waals surface area contributed by atoms with E-state index < -0.39 is 0 Å². The van der Waals surface area contributed by atoms with E-state index in [0.717, 1.165) is 12.8 Å². The zero-order valence-corrected chi connectivity index (χ0v) is 8.10. The van der Waals surface area contributed by atoms with Gasteiger partial charge in [-0.25, -0.2) is 0 Å². The zero-order chi connectivity index (χ0) is 8.27. The molecule has 0 radical (unpaired) electrons. The number of nitrogens with zero attached hydrogens (tertiary/aromatic N) is 2. The maximum atomic E-state index is 5.54. The minimum Gasteiger partial charge on any atom is -0.339 e. The van der Waals surface area contributed by atoms with Gasteiger partial charge >= 0.3 is 0 Å². The molecule has 1 aromatic rings. The third-order valence-corrected chi connectivity index (χ3v) is 1.35. The second-order valence-corrected chi connectivity index (χ2v) is 2.58. The van der Waals surface area contributed by atoms with Crippen LogP contribution in [0.3, 0.4) is 0 Å². The molecule has 0 aliphatic heterocycles. The average molecular weight is 192 g/mol. The molecule has 1 aromatic heterocycles. The molecule has 0 saturated carbocycles. The van der Waals surface area contributed by atoms with Crippen molar-refractivity contribution < 1.29 is 4.52 Å². The van der Waals surface area contributed by atoms with Gasteiger partial charge in [-0.05, 0) is 13.3 Å². The van der Waals surface area contributed by atoms with Crippen LogP contribution in [0.5, 0.6) is 0 Å². The molecule has 0 aromatic carbocycles. The molecule has 12 heavy (non-hydrogen) atoms. The Hall–Kier alpha value is -0.610. The lowest BCUT2D eigenvalue weighted by Crippen LogP contribution is -2.06. The largest absolute Gasteiger partial charge is 0.339 e. The lowest BCUT2D eigenvalue weighted by atomic mass is 10.3. The summed E-state index contributed by atoms with van der Waals surface area (Å²) in [5.74, 6) is 1.27. The highest BCUT2D eigenvalue weighted by Gasteiger charge is 2.07. The molecule has 0 spiro atoms. The highest BCUT2D eigenvalue weighted by molar-refractivity contribution is 5.85. The van der Waals surface area contributed by atoms with Crippen LogP contribution in [0.4, 0.5) is 0 Å². The minimum atomic E-state index is -0.135. The third-order valence-electron chi connectivity index (χ3n) is 1.35. The maximum absolute atomic E-state index is 5.54. The molecule has 0 aliphatic carbocycles. The Kier molecular flexibility index (Phi) is 4.85. The number of hydrogen-bond acceptors (Lipinski definition) is 4. The third kappa shape index (κ3) is 2.79. The fourth-order valence-electron chi connectivity index (χ4n) is 0.768. The summed E-state index contributed by atoms with van der Waals surface area (Å²) >= 11 is 0. The number of rotatable bonds is 3. The van der Waals surface area contributed by atoms with Crippen LogP contribution >= 0.6 is 12.4 Å². The molecular formula is C7H14ClN3O. The molecule has 0 fully saturated rings. The van der Waals surface area contributed by atoms with Crippen LogP contribution in [0, 0.1) is 0 Å². The van der Waals surface area contributed by atoms with E-state index in [2.05, 4.69) is 17.1 Å². The minimum absolute atomic E-state index is 0. The summed E-state index contributed by atoms with van der Waals surface area (Å²) in [4.78, 5) is 4.10. The predicted molar refractivity (Wildman–Crippen MR) is 48.1 cm³/mol. The van der Waals surface area contributed by atoms with Crippen LogP contribution in [0.25, 0.3) is 0 Å². The van der Waals surface area contributed by atoms with E-state index in [0.29, 0.717) is 11.7 Å². The van der Waals surface area contributed by atoms with Gasteiger partial charge in [-0.2, -0.15) is 4.98 Å². The van der Waals surface area contributed by atoms with Crippen LogP contribution in [-0.2, 0) is 6.42 Å². The molecular weight excluding hydrogens is 178 g/mol. The molecule has 2 N–H and O–H groups in total. The van der Waals surface area contributed by atoms with Crippen molar-refractivity contribution in [1.29, 1.82) is 0 Å². The number of aryl methyl sites for hydroxylation is 1. The van der Waals surface area contributed by atoms with Crippen molar-refractivity contribution >= 4 is 12.4 Å². The first-order valence-electron chi connectivity index (χ1n) is 3.82. The second-order valence-electron chi connectivity index (χ2n) is 2.58. The second kappa shape index (κ2) is 5.11. The number of aromatic nitrogens is 2. The van der Waals surface area contributed by atoms with Crippen molar-refractivity contribution in [2.75, 3.05) is 0 Å². The van der Waals surface area contributed by atoms with Crippen molar-refractivity contribution in [2.24, 2.45) is 5.73 Å². The van der Waals surface area contributed by atoms with Crippen molar-refractivity contribution in [3.63, 3.8) is 0 Å². The SMILES string of the molecule is CCCc1nc(C(C)N)no1.Cl. The summed E-state index contributed by atoms with van der Waals surface area (Å²) in [6.45, 7) is 3.90. The predicted octanol–water partition coefficient (Wildman–Crippen LogP) is 1.46. The van der Waals surface area contributed by atoms with Gasteiger partial charge in [-0.3, -0.25) is 0 Å². The van der Waals surface area contributed by atoms with E-state index in [-0.39, 0.29) is 18.4 Å². The standard InChI is InChI=1S/C7H13N3O.ClH/c1-3-4-6-9-7(5(2)8)10-11-6;/h5H,3-4,8H2,1-2H3;1H. The quantitative estimate of drug-likeness (QED) is 0.786.